The molecule has 8 heteroatoms. The lowest BCUT2D eigenvalue weighted by Crippen LogP contribution is -2.29. The first kappa shape index (κ1) is 15.4. The van der Waals surface area contributed by atoms with Gasteiger partial charge in [0.1, 0.15) is 6.54 Å². The fourth-order valence-corrected chi connectivity index (χ4v) is 2.28. The summed E-state index contributed by atoms with van der Waals surface area (Å²) in [7, 11) is 0. The molecule has 0 spiro atoms. The monoisotopic (exact) mass is 296 g/mol. The number of aromatic carboxylic acids is 1. The van der Waals surface area contributed by atoms with Crippen LogP contribution < -0.4 is 5.32 Å². The molecule has 1 aromatic rings. The van der Waals surface area contributed by atoms with Crippen molar-refractivity contribution in [1.82, 2.24) is 20.3 Å². The van der Waals surface area contributed by atoms with Gasteiger partial charge in [-0.15, -0.1) is 5.10 Å². The van der Waals surface area contributed by atoms with E-state index in [1.165, 1.54) is 23.7 Å². The molecule has 1 heterocycles. The van der Waals surface area contributed by atoms with Gasteiger partial charge in [-0.05, 0) is 19.3 Å². The van der Waals surface area contributed by atoms with Crippen molar-refractivity contribution in [3.63, 3.8) is 0 Å². The largest absolute Gasteiger partial charge is 0.476 e. The Morgan fingerprint density at radius 3 is 2.86 bits per heavy atom. The van der Waals surface area contributed by atoms with E-state index in [-0.39, 0.29) is 18.1 Å². The van der Waals surface area contributed by atoms with Crippen molar-refractivity contribution >= 4 is 11.9 Å². The summed E-state index contributed by atoms with van der Waals surface area (Å²) >= 11 is 0. The molecule has 0 atom stereocenters. The Bertz CT molecular complexity index is 482. The van der Waals surface area contributed by atoms with Gasteiger partial charge >= 0.3 is 5.97 Å². The molecule has 1 amide bonds. The number of rotatable bonds is 8. The highest BCUT2D eigenvalue weighted by molar-refractivity contribution is 5.84. The van der Waals surface area contributed by atoms with Gasteiger partial charge in [0.2, 0.25) is 5.91 Å². The lowest BCUT2D eigenvalue weighted by molar-refractivity contribution is -0.121. The summed E-state index contributed by atoms with van der Waals surface area (Å²) in [5.41, 5.74) is -0.173. The van der Waals surface area contributed by atoms with E-state index < -0.39 is 5.97 Å². The molecule has 0 radical (unpaired) electrons. The minimum atomic E-state index is -1.16. The molecule has 1 saturated carbocycles. The Labute approximate surface area is 122 Å². The van der Waals surface area contributed by atoms with E-state index in [4.69, 9.17) is 9.84 Å². The predicted molar refractivity (Wildman–Crippen MR) is 72.8 cm³/mol. The number of carboxylic acids is 1. The molecular weight excluding hydrogens is 276 g/mol. The SMILES string of the molecule is O=C(Cn1cc(C(=O)O)nn1)NCCCOC1CCCC1. The Morgan fingerprint density at radius 1 is 1.43 bits per heavy atom. The maximum Gasteiger partial charge on any atom is 0.358 e. The third-order valence-electron chi connectivity index (χ3n) is 3.36. The molecule has 2 rings (SSSR count). The van der Waals surface area contributed by atoms with Gasteiger partial charge in [-0.3, -0.25) is 4.79 Å². The summed E-state index contributed by atoms with van der Waals surface area (Å²) in [6, 6.07) is 0. The van der Waals surface area contributed by atoms with Crippen LogP contribution in [0.5, 0.6) is 0 Å². The topological polar surface area (TPSA) is 106 Å². The van der Waals surface area contributed by atoms with Crippen molar-refractivity contribution in [2.75, 3.05) is 13.2 Å². The van der Waals surface area contributed by atoms with Gasteiger partial charge < -0.3 is 15.2 Å². The summed E-state index contributed by atoms with van der Waals surface area (Å²) in [6.45, 7) is 1.15. The van der Waals surface area contributed by atoms with Gasteiger partial charge in [-0.25, -0.2) is 9.48 Å². The Morgan fingerprint density at radius 2 is 2.19 bits per heavy atom. The maximum atomic E-state index is 11.6. The van der Waals surface area contributed by atoms with E-state index in [1.54, 1.807) is 0 Å². The summed E-state index contributed by atoms with van der Waals surface area (Å²) in [4.78, 5) is 22.2. The Hall–Kier alpha value is -1.96. The van der Waals surface area contributed by atoms with Gasteiger partial charge in [0.05, 0.1) is 12.3 Å². The molecule has 1 aliphatic rings. The van der Waals surface area contributed by atoms with Crippen molar-refractivity contribution in [2.45, 2.75) is 44.8 Å². The molecule has 2 N–H and O–H groups in total. The number of carbonyl (C=O) groups is 2. The quantitative estimate of drug-likeness (QED) is 0.674. The Kier molecular flexibility index (Phi) is 5.68. The van der Waals surface area contributed by atoms with Crippen LogP contribution in [0.15, 0.2) is 6.20 Å². The highest BCUT2D eigenvalue weighted by atomic mass is 16.5. The molecule has 0 aromatic carbocycles. The zero-order chi connectivity index (χ0) is 15.1. The lowest BCUT2D eigenvalue weighted by atomic mass is 10.3. The van der Waals surface area contributed by atoms with Crippen LogP contribution in [0.25, 0.3) is 0 Å². The zero-order valence-corrected chi connectivity index (χ0v) is 11.8. The van der Waals surface area contributed by atoms with Crippen molar-refractivity contribution in [1.29, 1.82) is 0 Å². The number of carbonyl (C=O) groups excluding carboxylic acids is 1. The van der Waals surface area contributed by atoms with Crippen LogP contribution >= 0.6 is 0 Å². The molecule has 0 aliphatic heterocycles. The van der Waals surface area contributed by atoms with Crippen LogP contribution in [-0.2, 0) is 16.1 Å². The maximum absolute atomic E-state index is 11.6. The number of nitrogens with zero attached hydrogens (tertiary/aromatic N) is 3. The number of aromatic nitrogens is 3. The molecule has 21 heavy (non-hydrogen) atoms. The first-order valence-corrected chi connectivity index (χ1v) is 7.17. The number of hydrogen-bond donors (Lipinski definition) is 2. The normalized spacial score (nSPS) is 15.2. The molecule has 0 bridgehead atoms. The first-order chi connectivity index (χ1) is 10.1. The summed E-state index contributed by atoms with van der Waals surface area (Å²) in [5.74, 6) is -1.39. The fraction of sp³-hybridized carbons (Fsp3) is 0.692. The van der Waals surface area contributed by atoms with E-state index in [0.717, 1.165) is 19.3 Å². The number of carboxylic acid groups (broad SMARTS) is 1. The molecule has 1 aromatic heterocycles. The van der Waals surface area contributed by atoms with Crippen molar-refractivity contribution in [3.05, 3.63) is 11.9 Å². The third-order valence-corrected chi connectivity index (χ3v) is 3.36. The average molecular weight is 296 g/mol. The van der Waals surface area contributed by atoms with E-state index in [0.29, 0.717) is 19.3 Å². The number of ether oxygens (including phenoxy) is 1. The van der Waals surface area contributed by atoms with Crippen LogP contribution in [0.4, 0.5) is 0 Å². The smallest absolute Gasteiger partial charge is 0.358 e. The highest BCUT2D eigenvalue weighted by Gasteiger charge is 2.14. The van der Waals surface area contributed by atoms with Crippen LogP contribution in [-0.4, -0.2) is 51.2 Å². The third kappa shape index (κ3) is 5.14. The summed E-state index contributed by atoms with van der Waals surface area (Å²) in [5, 5.41) is 18.4. The van der Waals surface area contributed by atoms with E-state index in [2.05, 4.69) is 15.6 Å². The molecule has 1 fully saturated rings. The van der Waals surface area contributed by atoms with Crippen LogP contribution in [0.2, 0.25) is 0 Å². The summed E-state index contributed by atoms with van der Waals surface area (Å²) in [6.07, 6.45) is 7.17. The van der Waals surface area contributed by atoms with E-state index in [1.807, 2.05) is 0 Å². The Balaban J connectivity index is 1.57. The van der Waals surface area contributed by atoms with Gasteiger partial charge in [0.15, 0.2) is 5.69 Å². The van der Waals surface area contributed by atoms with Gasteiger partial charge in [-0.2, -0.15) is 0 Å². The first-order valence-electron chi connectivity index (χ1n) is 7.17. The number of hydrogen-bond acceptors (Lipinski definition) is 5. The molecule has 8 nitrogen and oxygen atoms in total. The second kappa shape index (κ2) is 7.72. The predicted octanol–water partition coefficient (Wildman–Crippen LogP) is 0.442. The zero-order valence-electron chi connectivity index (χ0n) is 11.8. The van der Waals surface area contributed by atoms with Gasteiger partial charge in [0.25, 0.3) is 0 Å². The van der Waals surface area contributed by atoms with Gasteiger partial charge in [0, 0.05) is 13.2 Å². The minimum absolute atomic E-state index is 0.0379. The van der Waals surface area contributed by atoms with Crippen LogP contribution in [0.3, 0.4) is 0 Å². The minimum Gasteiger partial charge on any atom is -0.476 e. The van der Waals surface area contributed by atoms with Crippen LogP contribution in [0.1, 0.15) is 42.6 Å². The second-order valence-electron chi connectivity index (χ2n) is 5.09. The number of nitrogens with one attached hydrogen (secondary N) is 1. The summed E-state index contributed by atoms with van der Waals surface area (Å²) < 4.78 is 6.89. The van der Waals surface area contributed by atoms with E-state index in [9.17, 15) is 9.59 Å². The molecule has 1 aliphatic carbocycles. The molecule has 0 unspecified atom stereocenters. The standard InChI is InChI=1S/C13H20N4O4/c18-12(9-17-8-11(13(19)20)15-16-17)14-6-3-7-21-10-4-1-2-5-10/h8,10H,1-7,9H2,(H,14,18)(H,19,20). The molecule has 116 valence electrons. The highest BCUT2D eigenvalue weighted by Crippen LogP contribution is 2.20. The van der Waals surface area contributed by atoms with Crippen molar-refractivity contribution in [3.8, 4) is 0 Å². The van der Waals surface area contributed by atoms with Crippen molar-refractivity contribution in [2.24, 2.45) is 0 Å². The number of amides is 1. The molecular formula is C13H20N4O4. The molecule has 0 saturated heterocycles. The second-order valence-corrected chi connectivity index (χ2v) is 5.09. The van der Waals surface area contributed by atoms with Crippen LogP contribution in [0, 0.1) is 0 Å². The van der Waals surface area contributed by atoms with Gasteiger partial charge in [-0.1, -0.05) is 18.1 Å². The van der Waals surface area contributed by atoms with E-state index >= 15 is 0 Å². The van der Waals surface area contributed by atoms with Crippen molar-refractivity contribution < 1.29 is 19.4 Å². The average Bonchev–Trinajstić information content (AvgIpc) is 3.09. The fourth-order valence-electron chi connectivity index (χ4n) is 2.28. The lowest BCUT2D eigenvalue weighted by Gasteiger charge is -2.11.